The predicted octanol–water partition coefficient (Wildman–Crippen LogP) is 18.2. The van der Waals surface area contributed by atoms with Gasteiger partial charge in [0.25, 0.3) is 0 Å². The Morgan fingerprint density at radius 1 is 0.308 bits per heavy atom. The van der Waals surface area contributed by atoms with E-state index in [1.54, 1.807) is 0 Å². The highest BCUT2D eigenvalue weighted by Gasteiger charge is 2.36. The van der Waals surface area contributed by atoms with Crippen molar-refractivity contribution in [2.24, 2.45) is 0 Å². The van der Waals surface area contributed by atoms with Gasteiger partial charge < -0.3 is 69.8 Å². The number of rotatable bonds is 20. The smallest absolute Gasteiger partial charge is 0.229 e. The summed E-state index contributed by atoms with van der Waals surface area (Å²) in [5.41, 5.74) is 20.6. The molecule has 20 heterocycles. The molecular formula is C110H128F4N32. The molecule has 6 N–H and O–H groups in total. The molecule has 0 amide bonds. The van der Waals surface area contributed by atoms with Crippen molar-refractivity contribution in [2.75, 3.05) is 149 Å². The number of hydrogen-bond donors (Lipinski definition) is 6. The number of halogens is 4. The third kappa shape index (κ3) is 21.4. The largest absolute Gasteiger partial charge is 0.368 e. The van der Waals surface area contributed by atoms with E-state index in [0.29, 0.717) is 52.6 Å². The molecule has 32 nitrogen and oxygen atoms in total. The van der Waals surface area contributed by atoms with Crippen LogP contribution in [0.25, 0.3) is 89.2 Å². The fourth-order valence-corrected chi connectivity index (χ4v) is 21.6. The summed E-state index contributed by atoms with van der Waals surface area (Å²) in [4.78, 5) is 87.0. The van der Waals surface area contributed by atoms with Crippen molar-refractivity contribution in [3.8, 4) is 45.0 Å². The minimum atomic E-state index is -0.461. The second-order valence-electron chi connectivity index (χ2n) is 40.8. The molecule has 0 atom stereocenters. The van der Waals surface area contributed by atoms with Gasteiger partial charge in [0.05, 0.1) is 92.7 Å². The van der Waals surface area contributed by atoms with Gasteiger partial charge in [-0.25, -0.2) is 97.3 Å². The zero-order chi connectivity index (χ0) is 100. The fourth-order valence-electron chi connectivity index (χ4n) is 21.6. The van der Waals surface area contributed by atoms with Crippen molar-refractivity contribution in [1.82, 2.24) is 128 Å². The number of fused-ring (bicyclic) bond motifs is 12. The van der Waals surface area contributed by atoms with Crippen LogP contribution in [-0.2, 0) is 62.9 Å². The number of anilines is 10. The van der Waals surface area contributed by atoms with Crippen LogP contribution in [0.3, 0.4) is 0 Å². The van der Waals surface area contributed by atoms with Crippen LogP contribution >= 0.6 is 0 Å². The van der Waals surface area contributed by atoms with Crippen molar-refractivity contribution in [3.05, 3.63) is 227 Å². The number of aryl methyl sites for hydroxylation is 10. The topological polar surface area (TPSA) is 318 Å². The second-order valence-corrected chi connectivity index (χ2v) is 40.8. The average Bonchev–Trinajstić information content (AvgIpc) is 1.62. The molecule has 4 aromatic carbocycles. The van der Waals surface area contributed by atoms with Gasteiger partial charge in [-0.1, -0.05) is 38.8 Å². The van der Waals surface area contributed by atoms with E-state index in [9.17, 15) is 13.2 Å². The molecule has 0 spiro atoms. The molecule has 12 aromatic heterocycles. The first-order chi connectivity index (χ1) is 70.9. The lowest BCUT2D eigenvalue weighted by Gasteiger charge is -2.33. The van der Waals surface area contributed by atoms with Crippen molar-refractivity contribution in [3.63, 3.8) is 0 Å². The first-order valence-electron chi connectivity index (χ1n) is 51.8. The van der Waals surface area contributed by atoms with E-state index >= 15 is 4.39 Å². The van der Waals surface area contributed by atoms with Crippen molar-refractivity contribution in [1.29, 1.82) is 0 Å². The summed E-state index contributed by atoms with van der Waals surface area (Å²) < 4.78 is 69.0. The van der Waals surface area contributed by atoms with Crippen LogP contribution in [0.4, 0.5) is 76.0 Å². The van der Waals surface area contributed by atoms with Crippen LogP contribution in [0.5, 0.6) is 0 Å². The van der Waals surface area contributed by atoms with E-state index in [4.69, 9.17) is 19.9 Å². The lowest BCUT2D eigenvalue weighted by atomic mass is 10.0. The summed E-state index contributed by atoms with van der Waals surface area (Å²) in [6.07, 6.45) is 25.3. The van der Waals surface area contributed by atoms with Gasteiger partial charge in [-0.3, -0.25) is 9.80 Å². The maximum Gasteiger partial charge on any atom is 0.229 e. The Kier molecular flexibility index (Phi) is 28.6. The Labute approximate surface area is 847 Å². The molecule has 0 saturated carbocycles. The van der Waals surface area contributed by atoms with Gasteiger partial charge in [0.2, 0.25) is 23.8 Å². The molecule has 0 aliphatic carbocycles. The Hall–Kier alpha value is -14.0. The number of likely N-dealkylation sites (N-methyl/N-ethyl adjacent to an activating group) is 2. The predicted molar refractivity (Wildman–Crippen MR) is 567 cm³/mol. The third-order valence-electron chi connectivity index (χ3n) is 29.8. The maximum atomic E-state index is 15.0. The SMILES string of the molecule is CCN1CCN(Cc2ccc(Nc3ncc(F)c(-c4cc(C)c5nc6n(c5c4)C(C)(C)CC6)n3)nc2)CC1.CCN1CCN(Cc2ccc(Nc3ncc(F)c(-c4cc(C)c5nc6n(c5c4)CCCCC6)n3)nc2)CC1.Cc1cc(-c2nc(Nc3ccc(N4CCNCC4)cn3)ncc2F)cc2c1nc1n2C(C)(C)CC1.Cc1cc(-c2nc(Nc3ccc(N4CCNCC4)cn3)ncc2F)cc2c1nc1n2CCCCC1. The molecule has 8 aliphatic rings. The van der Waals surface area contributed by atoms with Gasteiger partial charge in [0, 0.05) is 202 Å². The third-order valence-corrected chi connectivity index (χ3v) is 29.8. The summed E-state index contributed by atoms with van der Waals surface area (Å²) >= 11 is 0. The molecule has 8 aliphatic heterocycles. The highest BCUT2D eigenvalue weighted by Crippen LogP contribution is 2.43. The quantitative estimate of drug-likeness (QED) is 0.0386. The molecule has 756 valence electrons. The number of aromatic nitrogens is 20. The summed E-state index contributed by atoms with van der Waals surface area (Å²) in [5, 5.41) is 19.3. The van der Waals surface area contributed by atoms with Crippen LogP contribution in [0.1, 0.15) is 150 Å². The first-order valence-corrected chi connectivity index (χ1v) is 51.8. The summed E-state index contributed by atoms with van der Waals surface area (Å²) in [6.45, 7) is 43.8. The van der Waals surface area contributed by atoms with E-state index in [2.05, 4.69) is 193 Å². The van der Waals surface area contributed by atoms with E-state index in [0.717, 1.165) is 326 Å². The van der Waals surface area contributed by atoms with Gasteiger partial charge in [0.15, 0.2) is 23.3 Å². The highest BCUT2D eigenvalue weighted by atomic mass is 19.1. The molecular weight excluding hydrogens is 1850 g/mol. The lowest BCUT2D eigenvalue weighted by Crippen LogP contribution is -2.45. The maximum absolute atomic E-state index is 15.0. The van der Waals surface area contributed by atoms with E-state index in [-0.39, 0.29) is 33.9 Å². The summed E-state index contributed by atoms with van der Waals surface area (Å²) in [7, 11) is 0. The molecule has 4 fully saturated rings. The van der Waals surface area contributed by atoms with Crippen molar-refractivity contribution < 1.29 is 17.6 Å². The molecule has 146 heavy (non-hydrogen) atoms. The molecule has 0 radical (unpaired) electrons. The van der Waals surface area contributed by atoms with Crippen LogP contribution in [-0.4, -0.2) is 235 Å². The van der Waals surface area contributed by atoms with Crippen LogP contribution in [0, 0.1) is 51.0 Å². The molecule has 36 heteroatoms. The van der Waals surface area contributed by atoms with E-state index in [1.165, 1.54) is 48.8 Å². The molecule has 24 rings (SSSR count). The van der Waals surface area contributed by atoms with Crippen LogP contribution in [0.2, 0.25) is 0 Å². The van der Waals surface area contributed by atoms with Crippen molar-refractivity contribution in [2.45, 2.75) is 184 Å². The second kappa shape index (κ2) is 42.6. The zero-order valence-corrected chi connectivity index (χ0v) is 85.0. The Morgan fingerprint density at radius 3 is 0.932 bits per heavy atom. The Morgan fingerprint density at radius 2 is 0.616 bits per heavy atom. The van der Waals surface area contributed by atoms with Gasteiger partial charge in [-0.15, -0.1) is 0 Å². The zero-order valence-electron chi connectivity index (χ0n) is 85.0. The fraction of sp³-hybridized carbons (Fsp3) is 0.418. The molecule has 0 bridgehead atoms. The number of imidazole rings is 4. The van der Waals surface area contributed by atoms with Gasteiger partial charge >= 0.3 is 0 Å². The minimum absolute atomic E-state index is 0.0192. The number of pyridine rings is 4. The van der Waals surface area contributed by atoms with Gasteiger partial charge in [-0.05, 0) is 225 Å². The average molecular weight is 1970 g/mol. The minimum Gasteiger partial charge on any atom is -0.368 e. The van der Waals surface area contributed by atoms with Crippen LogP contribution in [0.15, 0.2) is 147 Å². The number of nitrogens with one attached hydrogen (secondary N) is 6. The lowest BCUT2D eigenvalue weighted by molar-refractivity contribution is 0.132. The number of benzene rings is 4. The molecule has 0 unspecified atom stereocenters. The first kappa shape index (κ1) is 98.0. The van der Waals surface area contributed by atoms with Gasteiger partial charge in [-0.2, -0.15) is 0 Å². The summed E-state index contributed by atoms with van der Waals surface area (Å²) in [6, 6.07) is 31.8. The standard InChI is InChI=1S/2C29H35FN8.2C26H29FN8/c1-5-36-10-12-37(13-11-36)18-20-6-7-24(31-16-20)33-28-32-17-22(30)27(35-28)21-14-19(2)26-23(15-21)38-25(34-26)8-9-29(38,3)4;1-3-36-11-13-37(14-12-36)19-21-8-9-25(31-17-21)33-29-32-18-23(30)28(35-29)22-15-20(2)27-24(16-22)38-10-6-4-5-7-26(38)34-27;1-16-12-17(13-20-23(16)32-22-6-7-26(2,3)35(20)22)24-19(27)15-30-25(33-24)31-21-5-4-18(14-29-21)34-10-8-28-9-11-34;1-17-13-18(14-21-24(17)32-23-5-3-2-4-10-35(21)23)25-20(27)16-30-26(33-25)31-22-7-6-19(15-29-22)34-11-8-28-9-12-34/h6-7,14-17H,5,8-13,18H2,1-4H3,(H,31,32,33,35);8-9,15-18H,3-7,10-14,19H2,1-2H3,(H,31,32,33,35);4-5,12-15,28H,6-11H2,1-3H3,(H,29,30,31,33);6-7,13-16,28H,2-5,8-12H2,1H3,(H,29,30,31,33). The Balaban J connectivity index is 0.000000114. The summed E-state index contributed by atoms with van der Waals surface area (Å²) in [5.74, 6) is 6.36. The monoisotopic (exact) mass is 1970 g/mol. The highest BCUT2D eigenvalue weighted by molar-refractivity contribution is 5.90. The number of piperazine rings is 4. The molecule has 16 aromatic rings. The van der Waals surface area contributed by atoms with E-state index < -0.39 is 23.3 Å². The number of hydrogen-bond acceptors (Lipinski definition) is 28. The number of nitrogens with zero attached hydrogens (tertiary/aromatic N) is 26. The Bertz CT molecular complexity index is 7400. The van der Waals surface area contributed by atoms with Gasteiger partial charge in [0.1, 0.15) is 69.3 Å². The molecule has 4 saturated heterocycles. The van der Waals surface area contributed by atoms with Crippen LogP contribution < -0.4 is 41.7 Å². The van der Waals surface area contributed by atoms with E-state index in [1.807, 2.05) is 137 Å². The normalized spacial score (nSPS) is 17.0. The van der Waals surface area contributed by atoms with Crippen molar-refractivity contribution >= 4 is 103 Å².